The van der Waals surface area contributed by atoms with Crippen LogP contribution < -0.4 is 10.1 Å². The smallest absolute Gasteiger partial charge is 0.119 e. The van der Waals surface area contributed by atoms with Crippen molar-refractivity contribution < 1.29 is 14.2 Å². The quantitative estimate of drug-likeness (QED) is 0.832. The Hall–Kier alpha value is -1.10. The highest BCUT2D eigenvalue weighted by atomic mass is 16.5. The minimum Gasteiger partial charge on any atom is -0.497 e. The molecule has 0 radical (unpaired) electrons. The molecule has 0 saturated carbocycles. The summed E-state index contributed by atoms with van der Waals surface area (Å²) in [4.78, 5) is 0. The van der Waals surface area contributed by atoms with Gasteiger partial charge in [0, 0.05) is 13.2 Å². The second-order valence-corrected chi connectivity index (χ2v) is 5.14. The summed E-state index contributed by atoms with van der Waals surface area (Å²) in [6.45, 7) is 2.30. The SMILES string of the molecule is CNCC(OCC1CCCCO1)c1cccc(OC)c1. The molecule has 4 heteroatoms. The number of rotatable bonds is 7. The molecule has 2 atom stereocenters. The Kier molecular flexibility index (Phi) is 6.30. The largest absolute Gasteiger partial charge is 0.497 e. The standard InChI is InChI=1S/C16H25NO3/c1-17-11-16(13-6-5-8-14(10-13)18-2)20-12-15-7-3-4-9-19-15/h5-6,8,10,15-17H,3-4,7,9,11-12H2,1-2H3. The number of ether oxygens (including phenoxy) is 3. The number of likely N-dealkylation sites (N-methyl/N-ethyl adjacent to an activating group) is 1. The van der Waals surface area contributed by atoms with Crippen LogP contribution in [0.1, 0.15) is 30.9 Å². The first kappa shape index (κ1) is 15.3. The second-order valence-electron chi connectivity index (χ2n) is 5.14. The van der Waals surface area contributed by atoms with Gasteiger partial charge in [-0.05, 0) is 44.0 Å². The Labute approximate surface area is 121 Å². The van der Waals surface area contributed by atoms with Crippen molar-refractivity contribution in [2.75, 3.05) is 33.9 Å². The number of hydrogen-bond donors (Lipinski definition) is 1. The maximum absolute atomic E-state index is 6.06. The van der Waals surface area contributed by atoms with Crippen molar-refractivity contribution in [1.29, 1.82) is 0 Å². The maximum Gasteiger partial charge on any atom is 0.119 e. The van der Waals surface area contributed by atoms with E-state index in [0.717, 1.165) is 30.9 Å². The van der Waals surface area contributed by atoms with E-state index in [4.69, 9.17) is 14.2 Å². The van der Waals surface area contributed by atoms with Crippen LogP contribution in [0, 0.1) is 0 Å². The van der Waals surface area contributed by atoms with Gasteiger partial charge in [0.15, 0.2) is 0 Å². The number of hydrogen-bond acceptors (Lipinski definition) is 4. The van der Waals surface area contributed by atoms with Gasteiger partial charge in [-0.3, -0.25) is 0 Å². The summed E-state index contributed by atoms with van der Waals surface area (Å²) < 4.78 is 17.1. The van der Waals surface area contributed by atoms with E-state index >= 15 is 0 Å². The van der Waals surface area contributed by atoms with E-state index in [-0.39, 0.29) is 12.2 Å². The second kappa shape index (κ2) is 8.25. The van der Waals surface area contributed by atoms with Gasteiger partial charge >= 0.3 is 0 Å². The molecule has 20 heavy (non-hydrogen) atoms. The minimum absolute atomic E-state index is 0.0284. The van der Waals surface area contributed by atoms with Crippen molar-refractivity contribution in [3.05, 3.63) is 29.8 Å². The highest BCUT2D eigenvalue weighted by Gasteiger charge is 2.18. The first-order chi connectivity index (χ1) is 9.83. The molecule has 1 N–H and O–H groups in total. The molecule has 0 aliphatic carbocycles. The fourth-order valence-corrected chi connectivity index (χ4v) is 2.46. The molecule has 4 nitrogen and oxygen atoms in total. The van der Waals surface area contributed by atoms with Crippen LogP contribution >= 0.6 is 0 Å². The summed E-state index contributed by atoms with van der Waals surface area (Å²) in [6.07, 6.45) is 3.79. The molecular formula is C16H25NO3. The zero-order valence-electron chi connectivity index (χ0n) is 12.4. The Morgan fingerprint density at radius 2 is 2.30 bits per heavy atom. The first-order valence-electron chi connectivity index (χ1n) is 7.35. The summed E-state index contributed by atoms with van der Waals surface area (Å²) in [5.74, 6) is 0.862. The van der Waals surface area contributed by atoms with Gasteiger partial charge in [-0.25, -0.2) is 0 Å². The van der Waals surface area contributed by atoms with Crippen molar-refractivity contribution in [3.63, 3.8) is 0 Å². The lowest BCUT2D eigenvalue weighted by molar-refractivity contribution is -0.0630. The van der Waals surface area contributed by atoms with Crippen LogP contribution in [0.2, 0.25) is 0 Å². The van der Waals surface area contributed by atoms with Gasteiger partial charge in [0.05, 0.1) is 25.9 Å². The molecular weight excluding hydrogens is 254 g/mol. The van der Waals surface area contributed by atoms with Crippen molar-refractivity contribution in [2.24, 2.45) is 0 Å². The molecule has 0 aromatic heterocycles. The average molecular weight is 279 g/mol. The van der Waals surface area contributed by atoms with E-state index in [1.54, 1.807) is 7.11 Å². The fourth-order valence-electron chi connectivity index (χ4n) is 2.46. The molecule has 2 unspecified atom stereocenters. The van der Waals surface area contributed by atoms with Gasteiger partial charge in [0.2, 0.25) is 0 Å². The summed E-state index contributed by atoms with van der Waals surface area (Å²) in [7, 11) is 3.62. The van der Waals surface area contributed by atoms with Gasteiger partial charge in [-0.1, -0.05) is 12.1 Å². The fraction of sp³-hybridized carbons (Fsp3) is 0.625. The highest BCUT2D eigenvalue weighted by molar-refractivity contribution is 5.30. The van der Waals surface area contributed by atoms with Gasteiger partial charge in [-0.15, -0.1) is 0 Å². The molecule has 0 spiro atoms. The summed E-state index contributed by atoms with van der Waals surface area (Å²) in [6, 6.07) is 8.05. The van der Waals surface area contributed by atoms with Crippen molar-refractivity contribution in [3.8, 4) is 5.75 Å². The molecule has 0 bridgehead atoms. The topological polar surface area (TPSA) is 39.7 Å². The average Bonchev–Trinajstić information content (AvgIpc) is 2.52. The Balaban J connectivity index is 1.94. The van der Waals surface area contributed by atoms with Crippen LogP contribution in [0.5, 0.6) is 5.75 Å². The van der Waals surface area contributed by atoms with Gasteiger partial charge in [0.25, 0.3) is 0 Å². The minimum atomic E-state index is 0.0284. The zero-order valence-corrected chi connectivity index (χ0v) is 12.4. The molecule has 2 rings (SSSR count). The molecule has 1 aliphatic heterocycles. The van der Waals surface area contributed by atoms with Crippen molar-refractivity contribution >= 4 is 0 Å². The van der Waals surface area contributed by atoms with Crippen molar-refractivity contribution in [1.82, 2.24) is 5.32 Å². The van der Waals surface area contributed by atoms with Crippen molar-refractivity contribution in [2.45, 2.75) is 31.5 Å². The van der Waals surface area contributed by atoms with Crippen LogP contribution in [-0.2, 0) is 9.47 Å². The third-order valence-electron chi connectivity index (χ3n) is 3.61. The zero-order chi connectivity index (χ0) is 14.2. The first-order valence-corrected chi connectivity index (χ1v) is 7.35. The van der Waals surface area contributed by atoms with E-state index in [9.17, 15) is 0 Å². The molecule has 1 heterocycles. The summed E-state index contributed by atoms with van der Waals surface area (Å²) >= 11 is 0. The van der Waals surface area contributed by atoms with Crippen LogP contribution in [0.4, 0.5) is 0 Å². The lowest BCUT2D eigenvalue weighted by atomic mass is 10.1. The molecule has 1 aromatic carbocycles. The van der Waals surface area contributed by atoms with E-state index < -0.39 is 0 Å². The molecule has 112 valence electrons. The monoisotopic (exact) mass is 279 g/mol. The van der Waals surface area contributed by atoms with Crippen LogP contribution in [0.15, 0.2) is 24.3 Å². The Morgan fingerprint density at radius 3 is 3.00 bits per heavy atom. The Morgan fingerprint density at radius 1 is 1.40 bits per heavy atom. The third kappa shape index (κ3) is 4.47. The van der Waals surface area contributed by atoms with Crippen LogP contribution in [0.25, 0.3) is 0 Å². The lowest BCUT2D eigenvalue weighted by Gasteiger charge is -2.25. The molecule has 1 fully saturated rings. The number of benzene rings is 1. The Bertz CT molecular complexity index is 391. The normalized spacial score (nSPS) is 20.6. The van der Waals surface area contributed by atoms with Gasteiger partial charge in [-0.2, -0.15) is 0 Å². The van der Waals surface area contributed by atoms with E-state index in [1.807, 2.05) is 25.2 Å². The maximum atomic E-state index is 6.06. The van der Waals surface area contributed by atoms with E-state index in [1.165, 1.54) is 12.8 Å². The molecule has 0 amide bonds. The van der Waals surface area contributed by atoms with Crippen LogP contribution in [0.3, 0.4) is 0 Å². The number of methoxy groups -OCH3 is 1. The summed E-state index contributed by atoms with van der Waals surface area (Å²) in [5, 5.41) is 3.18. The molecule has 1 aromatic rings. The highest BCUT2D eigenvalue weighted by Crippen LogP contribution is 2.23. The van der Waals surface area contributed by atoms with Crippen LogP contribution in [-0.4, -0.2) is 40.0 Å². The lowest BCUT2D eigenvalue weighted by Crippen LogP contribution is -2.28. The molecule has 1 saturated heterocycles. The molecule has 1 aliphatic rings. The third-order valence-corrected chi connectivity index (χ3v) is 3.61. The van der Waals surface area contributed by atoms with E-state index in [2.05, 4.69) is 11.4 Å². The summed E-state index contributed by atoms with van der Waals surface area (Å²) in [5.41, 5.74) is 1.13. The van der Waals surface area contributed by atoms with Gasteiger partial charge in [0.1, 0.15) is 5.75 Å². The number of nitrogens with one attached hydrogen (secondary N) is 1. The predicted octanol–water partition coefficient (Wildman–Crippen LogP) is 2.54. The predicted molar refractivity (Wildman–Crippen MR) is 79.2 cm³/mol. The van der Waals surface area contributed by atoms with E-state index in [0.29, 0.717) is 6.61 Å². The van der Waals surface area contributed by atoms with Gasteiger partial charge < -0.3 is 19.5 Å².